The van der Waals surface area contributed by atoms with Gasteiger partial charge in [-0.05, 0) is 101 Å². The summed E-state index contributed by atoms with van der Waals surface area (Å²) in [6.07, 6.45) is 13.5. The van der Waals surface area contributed by atoms with Gasteiger partial charge in [0.2, 0.25) is 0 Å². The molecule has 0 radical (unpaired) electrons. The van der Waals surface area contributed by atoms with Crippen LogP contribution >= 0.6 is 0 Å². The first-order valence-corrected chi connectivity index (χ1v) is 17.4. The van der Waals surface area contributed by atoms with Crippen LogP contribution in [0.1, 0.15) is 103 Å². The Morgan fingerprint density at radius 3 is 2.47 bits per heavy atom. The highest BCUT2D eigenvalue weighted by Crippen LogP contribution is 2.43. The summed E-state index contributed by atoms with van der Waals surface area (Å²) in [6.45, 7) is 19.5. The zero-order chi connectivity index (χ0) is 30.1. The number of fused-ring (bicyclic) bond motifs is 2. The van der Waals surface area contributed by atoms with Gasteiger partial charge in [0.25, 0.3) is 0 Å². The molecule has 5 heterocycles. The lowest BCUT2D eigenvalue weighted by Crippen LogP contribution is -2.54. The average molecular weight is 585 g/mol. The van der Waals surface area contributed by atoms with Gasteiger partial charge in [-0.1, -0.05) is 33.6 Å². The standard InChI is InChI=1S/C37H56N6/c1-6-16-37(4,5)24-33-31-22-28(40-17-10-8-11-18-40)14-15-34(31)43(7-2)36(33)32-23-30(25-39-35(32)27(3)38)42-21-20-41-19-12-9-13-29(41)26-42/h14-15,22-23,25,27,29H,6-13,16-21,24,26,38H2,1-5H3. The molecule has 0 saturated carbocycles. The quantitative estimate of drug-likeness (QED) is 0.278. The van der Waals surface area contributed by atoms with Crippen molar-refractivity contribution in [2.75, 3.05) is 49.1 Å². The van der Waals surface area contributed by atoms with Crippen LogP contribution in [-0.4, -0.2) is 59.8 Å². The molecule has 0 spiro atoms. The zero-order valence-electron chi connectivity index (χ0n) is 27.7. The fraction of sp³-hybridized carbons (Fsp3) is 0.649. The molecule has 2 N–H and O–H groups in total. The van der Waals surface area contributed by atoms with E-state index < -0.39 is 0 Å². The van der Waals surface area contributed by atoms with Crippen LogP contribution in [0.25, 0.3) is 22.2 Å². The third-order valence-corrected chi connectivity index (χ3v) is 10.6. The van der Waals surface area contributed by atoms with Crippen molar-refractivity contribution in [2.24, 2.45) is 11.1 Å². The minimum atomic E-state index is -0.136. The van der Waals surface area contributed by atoms with Crippen molar-refractivity contribution in [1.29, 1.82) is 0 Å². The Balaban J connectivity index is 1.51. The maximum Gasteiger partial charge on any atom is 0.0663 e. The van der Waals surface area contributed by atoms with Crippen LogP contribution in [0.5, 0.6) is 0 Å². The lowest BCUT2D eigenvalue weighted by atomic mass is 9.80. The fourth-order valence-corrected chi connectivity index (χ4v) is 8.40. The van der Waals surface area contributed by atoms with E-state index in [4.69, 9.17) is 10.7 Å². The Bertz CT molecular complexity index is 1400. The molecule has 3 fully saturated rings. The van der Waals surface area contributed by atoms with Crippen molar-refractivity contribution in [3.8, 4) is 11.3 Å². The van der Waals surface area contributed by atoms with E-state index >= 15 is 0 Å². The van der Waals surface area contributed by atoms with Gasteiger partial charge < -0.3 is 20.1 Å². The molecule has 6 rings (SSSR count). The number of aromatic nitrogens is 2. The third-order valence-electron chi connectivity index (χ3n) is 10.6. The van der Waals surface area contributed by atoms with Crippen LogP contribution in [0.15, 0.2) is 30.5 Å². The van der Waals surface area contributed by atoms with Gasteiger partial charge >= 0.3 is 0 Å². The van der Waals surface area contributed by atoms with Crippen molar-refractivity contribution in [3.05, 3.63) is 41.7 Å². The molecular weight excluding hydrogens is 528 g/mol. The second-order valence-electron chi connectivity index (χ2n) is 14.5. The van der Waals surface area contributed by atoms with E-state index in [1.54, 1.807) is 0 Å². The van der Waals surface area contributed by atoms with Gasteiger partial charge in [-0.3, -0.25) is 9.88 Å². The van der Waals surface area contributed by atoms with Gasteiger partial charge in [0.05, 0.1) is 23.3 Å². The Labute approximate surface area is 260 Å². The lowest BCUT2D eigenvalue weighted by Gasteiger charge is -2.45. The van der Waals surface area contributed by atoms with Crippen LogP contribution in [0.4, 0.5) is 11.4 Å². The van der Waals surface area contributed by atoms with Gasteiger partial charge in [-0.25, -0.2) is 0 Å². The van der Waals surface area contributed by atoms with Crippen LogP contribution in [0, 0.1) is 5.41 Å². The zero-order valence-corrected chi connectivity index (χ0v) is 27.7. The smallest absolute Gasteiger partial charge is 0.0663 e. The molecule has 1 aromatic carbocycles. The van der Waals surface area contributed by atoms with Gasteiger partial charge in [-0.2, -0.15) is 0 Å². The number of hydrogen-bond acceptors (Lipinski definition) is 5. The molecule has 2 unspecified atom stereocenters. The molecule has 3 aliphatic heterocycles. The molecular formula is C37H56N6. The number of hydrogen-bond donors (Lipinski definition) is 1. The third kappa shape index (κ3) is 6.20. The van der Waals surface area contributed by atoms with E-state index in [0.717, 1.165) is 38.3 Å². The molecule has 0 aliphatic carbocycles. The molecule has 0 bridgehead atoms. The van der Waals surface area contributed by atoms with Crippen molar-refractivity contribution in [1.82, 2.24) is 14.5 Å². The molecule has 3 aliphatic rings. The Hall–Kier alpha value is -2.57. The minimum absolute atomic E-state index is 0.136. The topological polar surface area (TPSA) is 53.6 Å². The first-order valence-electron chi connectivity index (χ1n) is 17.4. The fourth-order valence-electron chi connectivity index (χ4n) is 8.40. The number of anilines is 2. The predicted molar refractivity (Wildman–Crippen MR) is 183 cm³/mol. The van der Waals surface area contributed by atoms with Crippen molar-refractivity contribution in [2.45, 2.75) is 111 Å². The molecule has 3 saturated heterocycles. The van der Waals surface area contributed by atoms with Crippen LogP contribution < -0.4 is 15.5 Å². The Morgan fingerprint density at radius 1 is 0.930 bits per heavy atom. The summed E-state index contributed by atoms with van der Waals surface area (Å²) in [5.74, 6) is 0. The highest BCUT2D eigenvalue weighted by atomic mass is 15.3. The second kappa shape index (κ2) is 12.8. The second-order valence-corrected chi connectivity index (χ2v) is 14.5. The SMILES string of the molecule is CCCC(C)(C)Cc1c(-c2cc(N3CCN4CCCCC4C3)cnc2C(C)N)n(CC)c2ccc(N3CCCCC3)cc12. The largest absolute Gasteiger partial charge is 0.372 e. The molecule has 3 aromatic rings. The van der Waals surface area contributed by atoms with Crippen molar-refractivity contribution < 1.29 is 0 Å². The van der Waals surface area contributed by atoms with E-state index in [1.807, 2.05) is 0 Å². The number of benzene rings is 1. The summed E-state index contributed by atoms with van der Waals surface area (Å²) < 4.78 is 2.57. The number of nitrogens with two attached hydrogens (primary N) is 1. The molecule has 0 amide bonds. The molecule has 6 heteroatoms. The average Bonchev–Trinajstić information content (AvgIpc) is 3.32. The number of piperazine rings is 1. The number of rotatable bonds is 9. The number of pyridine rings is 1. The normalized spacial score (nSPS) is 20.9. The molecule has 2 aromatic heterocycles. The Morgan fingerprint density at radius 2 is 1.72 bits per heavy atom. The highest BCUT2D eigenvalue weighted by molar-refractivity contribution is 5.95. The molecule has 43 heavy (non-hydrogen) atoms. The van der Waals surface area contributed by atoms with Gasteiger partial charge in [0, 0.05) is 73.5 Å². The maximum absolute atomic E-state index is 6.70. The number of nitrogens with zero attached hydrogens (tertiary/aromatic N) is 5. The summed E-state index contributed by atoms with van der Waals surface area (Å²) in [7, 11) is 0. The van der Waals surface area contributed by atoms with Crippen molar-refractivity contribution >= 4 is 22.3 Å². The number of aryl methyl sites for hydroxylation is 1. The van der Waals surface area contributed by atoms with Gasteiger partial charge in [0.1, 0.15) is 0 Å². The molecule has 6 nitrogen and oxygen atoms in total. The minimum Gasteiger partial charge on any atom is -0.372 e. The van der Waals surface area contributed by atoms with E-state index in [9.17, 15) is 0 Å². The maximum atomic E-state index is 6.70. The van der Waals surface area contributed by atoms with Crippen LogP contribution in [0.3, 0.4) is 0 Å². The first kappa shape index (κ1) is 30.5. The van der Waals surface area contributed by atoms with E-state index in [1.165, 1.54) is 110 Å². The molecule has 2 atom stereocenters. The van der Waals surface area contributed by atoms with Crippen LogP contribution in [-0.2, 0) is 13.0 Å². The summed E-state index contributed by atoms with van der Waals surface area (Å²) in [5, 5.41) is 1.42. The number of piperidine rings is 2. The summed E-state index contributed by atoms with van der Waals surface area (Å²) >= 11 is 0. The van der Waals surface area contributed by atoms with Crippen LogP contribution in [0.2, 0.25) is 0 Å². The highest BCUT2D eigenvalue weighted by Gasteiger charge is 2.31. The van der Waals surface area contributed by atoms with E-state index in [0.29, 0.717) is 6.04 Å². The van der Waals surface area contributed by atoms with E-state index in [-0.39, 0.29) is 11.5 Å². The first-order chi connectivity index (χ1) is 20.8. The monoisotopic (exact) mass is 584 g/mol. The van der Waals surface area contributed by atoms with Gasteiger partial charge in [0.15, 0.2) is 0 Å². The molecule has 234 valence electrons. The summed E-state index contributed by atoms with van der Waals surface area (Å²) in [4.78, 5) is 13.1. The van der Waals surface area contributed by atoms with Gasteiger partial charge in [-0.15, -0.1) is 0 Å². The summed E-state index contributed by atoms with van der Waals surface area (Å²) in [6, 6.07) is 10.3. The van der Waals surface area contributed by atoms with E-state index in [2.05, 4.69) is 84.3 Å². The summed E-state index contributed by atoms with van der Waals surface area (Å²) in [5.41, 5.74) is 16.0. The predicted octanol–water partition coefficient (Wildman–Crippen LogP) is 7.78. The lowest BCUT2D eigenvalue weighted by molar-refractivity contribution is 0.133. The van der Waals surface area contributed by atoms with Crippen molar-refractivity contribution in [3.63, 3.8) is 0 Å². The Kier molecular flexibility index (Phi) is 9.07.